The first kappa shape index (κ1) is 60.8. The Balaban J connectivity index is 4.59. The quantitative estimate of drug-likeness (QED) is 0.0262. The standard InChI is InChI=1S/C59H94O6/c1-4-7-10-13-16-19-22-25-28-29-32-34-37-40-43-46-49-52-58(61)64-55-56(65-59(62)53-50-47-44-41-38-35-31-27-24-21-18-15-12-9-6-3)54-63-57(60)51-48-45-42-39-36-33-30-26-23-20-17-14-11-8-5-2/h9,12,16-21,25-28,30-32,34,38,40-41,43,56H,4-8,10-11,13-15,22-24,29,33,35-37,39,42,44-55H2,1-3H3/b12-9-,19-16-,20-17-,21-18-,28-25-,30-26-,31-27-,34-32-,41-38-,43-40-/t56-/m1/s1. The predicted octanol–water partition coefficient (Wildman–Crippen LogP) is 17.3. The van der Waals surface area contributed by atoms with E-state index in [1.54, 1.807) is 0 Å². The molecule has 65 heavy (non-hydrogen) atoms. The van der Waals surface area contributed by atoms with Gasteiger partial charge < -0.3 is 14.2 Å². The average molecular weight is 899 g/mol. The summed E-state index contributed by atoms with van der Waals surface area (Å²) in [5.74, 6) is -1.04. The van der Waals surface area contributed by atoms with Gasteiger partial charge in [-0.2, -0.15) is 0 Å². The van der Waals surface area contributed by atoms with Gasteiger partial charge in [0.1, 0.15) is 13.2 Å². The van der Waals surface area contributed by atoms with Crippen LogP contribution >= 0.6 is 0 Å². The van der Waals surface area contributed by atoms with Crippen LogP contribution in [-0.4, -0.2) is 37.2 Å². The van der Waals surface area contributed by atoms with Crippen LogP contribution in [0, 0.1) is 0 Å². The molecule has 0 bridgehead atoms. The van der Waals surface area contributed by atoms with Crippen molar-refractivity contribution in [2.45, 2.75) is 219 Å². The van der Waals surface area contributed by atoms with Crippen LogP contribution in [0.3, 0.4) is 0 Å². The molecule has 0 N–H and O–H groups in total. The Hall–Kier alpha value is -4.19. The molecule has 0 aromatic heterocycles. The molecule has 0 aliphatic heterocycles. The van der Waals surface area contributed by atoms with Gasteiger partial charge in [0.25, 0.3) is 0 Å². The van der Waals surface area contributed by atoms with Gasteiger partial charge in [-0.1, -0.05) is 187 Å². The smallest absolute Gasteiger partial charge is 0.306 e. The molecule has 6 heteroatoms. The number of rotatable bonds is 45. The van der Waals surface area contributed by atoms with Gasteiger partial charge in [0.15, 0.2) is 6.10 Å². The second kappa shape index (κ2) is 52.4. The van der Waals surface area contributed by atoms with Gasteiger partial charge in [0, 0.05) is 19.3 Å². The maximum absolute atomic E-state index is 12.8. The molecule has 0 aliphatic rings. The van der Waals surface area contributed by atoms with Gasteiger partial charge in [-0.25, -0.2) is 0 Å². The summed E-state index contributed by atoms with van der Waals surface area (Å²) < 4.78 is 16.7. The van der Waals surface area contributed by atoms with Crippen LogP contribution in [0.4, 0.5) is 0 Å². The molecule has 0 spiro atoms. The molecule has 0 aromatic rings. The molecule has 1 atom stereocenters. The number of carbonyl (C=O) groups excluding carboxylic acids is 3. The van der Waals surface area contributed by atoms with Crippen LogP contribution in [-0.2, 0) is 28.6 Å². The molecule has 0 saturated heterocycles. The van der Waals surface area contributed by atoms with Crippen LogP contribution in [0.15, 0.2) is 122 Å². The van der Waals surface area contributed by atoms with E-state index < -0.39 is 6.10 Å². The molecule has 0 heterocycles. The summed E-state index contributed by atoms with van der Waals surface area (Å²) in [4.78, 5) is 38.0. The SMILES string of the molecule is CC/C=C\C/C=C\C/C=C\C/C=C\CCCCC(=O)O[C@@H](COC(=O)CCC/C=C\C/C=C\C/C=C\C/C=C\CCCCC)COC(=O)CCCCCCC/C=C\C/C=C\CCCCC. The Labute approximate surface area is 399 Å². The third-order valence-corrected chi connectivity index (χ3v) is 10.4. The van der Waals surface area contributed by atoms with Crippen molar-refractivity contribution in [3.8, 4) is 0 Å². The molecule has 0 aliphatic carbocycles. The van der Waals surface area contributed by atoms with E-state index in [2.05, 4.69) is 142 Å². The van der Waals surface area contributed by atoms with Crippen molar-refractivity contribution in [2.24, 2.45) is 0 Å². The van der Waals surface area contributed by atoms with Crippen LogP contribution in [0.25, 0.3) is 0 Å². The normalized spacial score (nSPS) is 13.1. The van der Waals surface area contributed by atoms with E-state index in [4.69, 9.17) is 14.2 Å². The summed E-state index contributed by atoms with van der Waals surface area (Å²) in [5, 5.41) is 0. The number of unbranched alkanes of at least 4 members (excludes halogenated alkanes) is 14. The Morgan fingerprint density at radius 2 is 0.615 bits per heavy atom. The van der Waals surface area contributed by atoms with Crippen molar-refractivity contribution >= 4 is 17.9 Å². The summed E-state index contributed by atoms with van der Waals surface area (Å²) in [6, 6.07) is 0. The van der Waals surface area contributed by atoms with Crippen molar-refractivity contribution in [2.75, 3.05) is 13.2 Å². The Morgan fingerprint density at radius 1 is 0.323 bits per heavy atom. The van der Waals surface area contributed by atoms with Crippen molar-refractivity contribution in [3.63, 3.8) is 0 Å². The maximum Gasteiger partial charge on any atom is 0.306 e. The van der Waals surface area contributed by atoms with Gasteiger partial charge in [0.05, 0.1) is 0 Å². The molecule has 0 saturated carbocycles. The van der Waals surface area contributed by atoms with Crippen LogP contribution in [0.5, 0.6) is 0 Å². The van der Waals surface area contributed by atoms with Gasteiger partial charge in [-0.05, 0) is 128 Å². The molecular weight excluding hydrogens is 805 g/mol. The number of esters is 3. The minimum atomic E-state index is -0.831. The zero-order chi connectivity index (χ0) is 47.2. The molecule has 0 radical (unpaired) electrons. The van der Waals surface area contributed by atoms with Gasteiger partial charge in [-0.3, -0.25) is 14.4 Å². The van der Waals surface area contributed by atoms with E-state index in [0.717, 1.165) is 109 Å². The molecule has 366 valence electrons. The number of ether oxygens (including phenoxy) is 3. The molecule has 6 nitrogen and oxygen atoms in total. The molecule has 0 amide bonds. The van der Waals surface area contributed by atoms with E-state index in [9.17, 15) is 14.4 Å². The highest BCUT2D eigenvalue weighted by molar-refractivity contribution is 5.71. The van der Waals surface area contributed by atoms with Crippen molar-refractivity contribution in [1.29, 1.82) is 0 Å². The second-order valence-electron chi connectivity index (χ2n) is 16.7. The minimum Gasteiger partial charge on any atom is -0.462 e. The van der Waals surface area contributed by atoms with Gasteiger partial charge >= 0.3 is 17.9 Å². The predicted molar refractivity (Wildman–Crippen MR) is 279 cm³/mol. The summed E-state index contributed by atoms with van der Waals surface area (Å²) in [7, 11) is 0. The fourth-order valence-electron chi connectivity index (χ4n) is 6.51. The average Bonchev–Trinajstić information content (AvgIpc) is 3.30. The molecule has 0 rings (SSSR count). The van der Waals surface area contributed by atoms with E-state index in [-0.39, 0.29) is 44.0 Å². The summed E-state index contributed by atoms with van der Waals surface area (Å²) >= 11 is 0. The van der Waals surface area contributed by atoms with Gasteiger partial charge in [0.2, 0.25) is 0 Å². The topological polar surface area (TPSA) is 78.9 Å². The third kappa shape index (κ3) is 50.7. The lowest BCUT2D eigenvalue weighted by Gasteiger charge is -2.18. The fourth-order valence-corrected chi connectivity index (χ4v) is 6.51. The highest BCUT2D eigenvalue weighted by Crippen LogP contribution is 2.11. The lowest BCUT2D eigenvalue weighted by Crippen LogP contribution is -2.30. The van der Waals surface area contributed by atoms with E-state index in [0.29, 0.717) is 19.3 Å². The molecule has 0 aromatic carbocycles. The van der Waals surface area contributed by atoms with Crippen LogP contribution < -0.4 is 0 Å². The number of hydrogen-bond donors (Lipinski definition) is 0. The monoisotopic (exact) mass is 899 g/mol. The summed E-state index contributed by atoms with van der Waals surface area (Å²) in [5.41, 5.74) is 0. The highest BCUT2D eigenvalue weighted by Gasteiger charge is 2.19. The first-order valence-corrected chi connectivity index (χ1v) is 26.0. The van der Waals surface area contributed by atoms with Crippen LogP contribution in [0.2, 0.25) is 0 Å². The fraction of sp³-hybridized carbons (Fsp3) is 0.610. The largest absolute Gasteiger partial charge is 0.462 e. The number of allylic oxidation sites excluding steroid dienone is 20. The third-order valence-electron chi connectivity index (χ3n) is 10.4. The van der Waals surface area contributed by atoms with Crippen molar-refractivity contribution in [1.82, 2.24) is 0 Å². The minimum absolute atomic E-state index is 0.123. The van der Waals surface area contributed by atoms with E-state index in [1.807, 2.05) is 0 Å². The van der Waals surface area contributed by atoms with Crippen molar-refractivity contribution in [3.05, 3.63) is 122 Å². The molecule has 0 unspecified atom stereocenters. The lowest BCUT2D eigenvalue weighted by molar-refractivity contribution is -0.167. The zero-order valence-corrected chi connectivity index (χ0v) is 41.7. The Bertz CT molecular complexity index is 1400. The highest BCUT2D eigenvalue weighted by atomic mass is 16.6. The first-order valence-electron chi connectivity index (χ1n) is 26.0. The van der Waals surface area contributed by atoms with Gasteiger partial charge in [-0.15, -0.1) is 0 Å². The second-order valence-corrected chi connectivity index (χ2v) is 16.7. The number of hydrogen-bond acceptors (Lipinski definition) is 6. The van der Waals surface area contributed by atoms with E-state index >= 15 is 0 Å². The lowest BCUT2D eigenvalue weighted by atomic mass is 10.1. The summed E-state index contributed by atoms with van der Waals surface area (Å²) in [6.45, 7) is 6.35. The van der Waals surface area contributed by atoms with E-state index in [1.165, 1.54) is 51.4 Å². The maximum atomic E-state index is 12.8. The summed E-state index contributed by atoms with van der Waals surface area (Å²) in [6.07, 6.45) is 71.8. The Morgan fingerprint density at radius 3 is 1.03 bits per heavy atom. The molecule has 0 fully saturated rings. The van der Waals surface area contributed by atoms with Crippen LogP contribution in [0.1, 0.15) is 213 Å². The Kier molecular flexibility index (Phi) is 49.1. The number of carbonyl (C=O) groups is 3. The zero-order valence-electron chi connectivity index (χ0n) is 41.7. The molecular formula is C59H94O6. The van der Waals surface area contributed by atoms with Crippen molar-refractivity contribution < 1.29 is 28.6 Å². The first-order chi connectivity index (χ1) is 32.0.